The monoisotopic (exact) mass is 487 g/mol. The second-order valence-corrected chi connectivity index (χ2v) is 6.89. The first kappa shape index (κ1) is 22.8. The Balaban J connectivity index is 0.00000338. The number of benzene rings is 1. The smallest absolute Gasteiger partial charge is 0.194 e. The molecule has 2 N–H and O–H groups in total. The molecule has 0 fully saturated rings. The van der Waals surface area contributed by atoms with Crippen LogP contribution in [0.15, 0.2) is 41.5 Å². The van der Waals surface area contributed by atoms with E-state index >= 15 is 0 Å². The summed E-state index contributed by atoms with van der Waals surface area (Å²) in [7, 11) is 2.05. The zero-order chi connectivity index (χ0) is 17.9. The molecule has 0 spiro atoms. The van der Waals surface area contributed by atoms with Crippen molar-refractivity contribution in [2.24, 2.45) is 4.99 Å². The topological polar surface area (TPSA) is 56.3 Å². The molecule has 26 heavy (non-hydrogen) atoms. The third kappa shape index (κ3) is 7.57. The summed E-state index contributed by atoms with van der Waals surface area (Å²) in [6.07, 6.45) is 6.38. The normalized spacial score (nSPS) is 11.1. The minimum atomic E-state index is 0. The number of hydrogen-bond donors (Lipinski definition) is 2. The van der Waals surface area contributed by atoms with Crippen LogP contribution in [0.25, 0.3) is 11.3 Å². The van der Waals surface area contributed by atoms with E-state index in [1.165, 1.54) is 12.2 Å². The molecule has 0 radical (unpaired) electrons. The summed E-state index contributed by atoms with van der Waals surface area (Å²) in [5.41, 5.74) is 2.20. The minimum absolute atomic E-state index is 0. The number of thioether (sulfide) groups is 1. The summed E-state index contributed by atoms with van der Waals surface area (Å²) in [6.45, 7) is 4.52. The first-order valence-electron chi connectivity index (χ1n) is 8.82. The molecule has 0 bridgehead atoms. The number of aromatic amines is 1. The van der Waals surface area contributed by atoms with Gasteiger partial charge in [-0.3, -0.25) is 4.99 Å². The minimum Gasteiger partial charge on any atom is -0.357 e. The van der Waals surface area contributed by atoms with Gasteiger partial charge in [0.1, 0.15) is 5.82 Å². The van der Waals surface area contributed by atoms with Crippen molar-refractivity contribution in [1.82, 2.24) is 20.2 Å². The highest BCUT2D eigenvalue weighted by molar-refractivity contribution is 14.0. The fraction of sp³-hybridized carbons (Fsp3) is 0.474. The molecule has 7 heteroatoms. The quantitative estimate of drug-likeness (QED) is 0.241. The Morgan fingerprint density at radius 1 is 1.27 bits per heavy atom. The highest BCUT2D eigenvalue weighted by Gasteiger charge is 2.09. The lowest BCUT2D eigenvalue weighted by Gasteiger charge is -2.21. The second-order valence-electron chi connectivity index (χ2n) is 5.90. The molecular formula is C19H30IN5S. The lowest BCUT2D eigenvalue weighted by molar-refractivity contribution is 0.463. The number of nitrogens with zero attached hydrogens (tertiary/aromatic N) is 3. The van der Waals surface area contributed by atoms with E-state index in [1.54, 1.807) is 0 Å². The van der Waals surface area contributed by atoms with Gasteiger partial charge in [0, 0.05) is 20.1 Å². The molecule has 0 amide bonds. The molecule has 5 nitrogen and oxygen atoms in total. The molecule has 0 atom stereocenters. The van der Waals surface area contributed by atoms with E-state index in [2.05, 4.69) is 45.5 Å². The molecule has 0 unspecified atom stereocenters. The van der Waals surface area contributed by atoms with Gasteiger partial charge >= 0.3 is 0 Å². The maximum Gasteiger partial charge on any atom is 0.194 e. The van der Waals surface area contributed by atoms with E-state index in [9.17, 15) is 0 Å². The van der Waals surface area contributed by atoms with Crippen molar-refractivity contribution >= 4 is 41.7 Å². The van der Waals surface area contributed by atoms with Gasteiger partial charge in [-0.25, -0.2) is 4.98 Å². The summed E-state index contributed by atoms with van der Waals surface area (Å²) in [5.74, 6) is 3.08. The van der Waals surface area contributed by atoms with Crippen LogP contribution in [0.5, 0.6) is 0 Å². The van der Waals surface area contributed by atoms with E-state index in [-0.39, 0.29) is 24.0 Å². The van der Waals surface area contributed by atoms with E-state index in [0.29, 0.717) is 6.54 Å². The standard InChI is InChI=1S/C19H29N5S.HI/c1-4-20-19(21-12-8-9-13-25-3)24(2)15-18-22-14-17(23-18)16-10-6-5-7-11-16;/h5-7,10-11,14H,4,8-9,12-13,15H2,1-3H3,(H,20,21)(H,22,23);1H. The highest BCUT2D eigenvalue weighted by atomic mass is 127. The Hall–Kier alpha value is -1.22. The van der Waals surface area contributed by atoms with Crippen molar-refractivity contribution in [3.8, 4) is 11.3 Å². The van der Waals surface area contributed by atoms with Crippen LogP contribution < -0.4 is 5.32 Å². The third-order valence-electron chi connectivity index (χ3n) is 3.81. The molecule has 144 valence electrons. The number of aromatic nitrogens is 2. The zero-order valence-electron chi connectivity index (χ0n) is 15.9. The van der Waals surface area contributed by atoms with Crippen LogP contribution in [0.2, 0.25) is 0 Å². The number of nitrogens with one attached hydrogen (secondary N) is 2. The van der Waals surface area contributed by atoms with Gasteiger partial charge < -0.3 is 15.2 Å². The van der Waals surface area contributed by atoms with Crippen molar-refractivity contribution < 1.29 is 0 Å². The molecule has 0 aliphatic rings. The maximum atomic E-state index is 4.73. The molecule has 0 saturated carbocycles. The van der Waals surface area contributed by atoms with E-state index in [1.807, 2.05) is 43.2 Å². The molecule has 1 heterocycles. The van der Waals surface area contributed by atoms with Gasteiger partial charge in [-0.2, -0.15) is 11.8 Å². The first-order chi connectivity index (χ1) is 12.2. The van der Waals surface area contributed by atoms with Crippen molar-refractivity contribution in [2.75, 3.05) is 32.1 Å². The molecular weight excluding hydrogens is 457 g/mol. The third-order valence-corrected chi connectivity index (χ3v) is 4.51. The van der Waals surface area contributed by atoms with Crippen LogP contribution in [0.1, 0.15) is 25.6 Å². The zero-order valence-corrected chi connectivity index (χ0v) is 19.0. The van der Waals surface area contributed by atoms with Crippen LogP contribution in [0, 0.1) is 0 Å². The molecule has 2 rings (SSSR count). The molecule has 2 aromatic rings. The van der Waals surface area contributed by atoms with E-state index in [4.69, 9.17) is 4.99 Å². The van der Waals surface area contributed by atoms with Gasteiger partial charge in [0.25, 0.3) is 0 Å². The summed E-state index contributed by atoms with van der Waals surface area (Å²) >= 11 is 1.89. The molecule has 1 aromatic carbocycles. The Morgan fingerprint density at radius 3 is 2.73 bits per heavy atom. The number of rotatable bonds is 9. The van der Waals surface area contributed by atoms with Crippen molar-refractivity contribution in [2.45, 2.75) is 26.3 Å². The lowest BCUT2D eigenvalue weighted by Crippen LogP contribution is -2.38. The number of imidazole rings is 1. The second kappa shape index (κ2) is 13.0. The number of unbranched alkanes of at least 4 members (excludes halogenated alkanes) is 1. The van der Waals surface area contributed by atoms with Crippen LogP contribution in [0.3, 0.4) is 0 Å². The van der Waals surface area contributed by atoms with E-state index in [0.717, 1.165) is 42.6 Å². The summed E-state index contributed by atoms with van der Waals surface area (Å²) < 4.78 is 0. The SMILES string of the molecule is CCNC(=NCCCCSC)N(C)Cc1ncc(-c2ccccc2)[nH]1.I. The lowest BCUT2D eigenvalue weighted by atomic mass is 10.2. The Bertz CT molecular complexity index is 644. The molecule has 1 aromatic heterocycles. The summed E-state index contributed by atoms with van der Waals surface area (Å²) in [6, 6.07) is 10.3. The molecule has 0 saturated heterocycles. The van der Waals surface area contributed by atoms with Gasteiger partial charge in [-0.1, -0.05) is 30.3 Å². The summed E-state index contributed by atoms with van der Waals surface area (Å²) in [5, 5.41) is 3.36. The molecule has 0 aliphatic carbocycles. The predicted molar refractivity (Wildman–Crippen MR) is 125 cm³/mol. The summed E-state index contributed by atoms with van der Waals surface area (Å²) in [4.78, 5) is 14.8. The van der Waals surface area contributed by atoms with Crippen molar-refractivity contribution in [3.63, 3.8) is 0 Å². The van der Waals surface area contributed by atoms with Crippen LogP contribution in [0.4, 0.5) is 0 Å². The number of guanidine groups is 1. The maximum absolute atomic E-state index is 4.73. The number of halogens is 1. The average molecular weight is 487 g/mol. The Kier molecular flexibility index (Phi) is 11.4. The van der Waals surface area contributed by atoms with Crippen LogP contribution in [-0.2, 0) is 6.54 Å². The predicted octanol–water partition coefficient (Wildman–Crippen LogP) is 4.24. The average Bonchev–Trinajstić information content (AvgIpc) is 3.10. The van der Waals surface area contributed by atoms with Gasteiger partial charge in [0.15, 0.2) is 5.96 Å². The molecule has 0 aliphatic heterocycles. The van der Waals surface area contributed by atoms with E-state index < -0.39 is 0 Å². The Labute approximate surface area is 178 Å². The van der Waals surface area contributed by atoms with Gasteiger partial charge in [-0.05, 0) is 37.3 Å². The Morgan fingerprint density at radius 2 is 2.04 bits per heavy atom. The number of aliphatic imine (C=N–C) groups is 1. The van der Waals surface area contributed by atoms with Gasteiger partial charge in [-0.15, -0.1) is 24.0 Å². The number of hydrogen-bond acceptors (Lipinski definition) is 3. The fourth-order valence-electron chi connectivity index (χ4n) is 2.52. The largest absolute Gasteiger partial charge is 0.357 e. The highest BCUT2D eigenvalue weighted by Crippen LogP contribution is 2.16. The van der Waals surface area contributed by atoms with Gasteiger partial charge in [0.2, 0.25) is 0 Å². The first-order valence-corrected chi connectivity index (χ1v) is 10.2. The number of H-pyrrole nitrogens is 1. The van der Waals surface area contributed by atoms with Gasteiger partial charge in [0.05, 0.1) is 18.4 Å². The van der Waals surface area contributed by atoms with Crippen LogP contribution in [-0.4, -0.2) is 53.0 Å². The van der Waals surface area contributed by atoms with Crippen molar-refractivity contribution in [1.29, 1.82) is 0 Å². The fourth-order valence-corrected chi connectivity index (χ4v) is 3.01. The van der Waals surface area contributed by atoms with Crippen LogP contribution >= 0.6 is 35.7 Å². The van der Waals surface area contributed by atoms with Crippen molar-refractivity contribution in [3.05, 3.63) is 42.4 Å².